The zero-order chi connectivity index (χ0) is 19.4. The normalized spacial score (nSPS) is 13.3. The average molecular weight is 398 g/mol. The van der Waals surface area contributed by atoms with E-state index in [9.17, 15) is 9.59 Å². The van der Waals surface area contributed by atoms with Gasteiger partial charge in [-0.15, -0.1) is 0 Å². The molecule has 0 aliphatic carbocycles. The molecule has 0 fully saturated rings. The van der Waals surface area contributed by atoms with E-state index in [1.165, 1.54) is 0 Å². The summed E-state index contributed by atoms with van der Waals surface area (Å²) in [5, 5.41) is 9.84. The molecule has 26 heavy (non-hydrogen) atoms. The van der Waals surface area contributed by atoms with E-state index in [0.717, 1.165) is 5.56 Å². The molecule has 6 nitrogen and oxygen atoms in total. The molecule has 2 aromatic rings. The molecule has 0 aliphatic rings. The summed E-state index contributed by atoms with van der Waals surface area (Å²) in [5.74, 6) is -0.231. The lowest BCUT2D eigenvalue weighted by Crippen LogP contribution is -2.44. The van der Waals surface area contributed by atoms with E-state index in [1.54, 1.807) is 38.1 Å². The van der Waals surface area contributed by atoms with E-state index in [1.807, 2.05) is 13.8 Å². The van der Waals surface area contributed by atoms with E-state index in [-0.39, 0.29) is 17.7 Å². The fourth-order valence-electron chi connectivity index (χ4n) is 2.57. The van der Waals surface area contributed by atoms with Crippen LogP contribution in [0.3, 0.4) is 0 Å². The Morgan fingerprint density at radius 2 is 1.77 bits per heavy atom. The minimum absolute atomic E-state index is 0.000642. The lowest BCUT2D eigenvalue weighted by atomic mass is 9.87. The molecular formula is C18H21Cl2N3O3. The van der Waals surface area contributed by atoms with Gasteiger partial charge in [-0.25, -0.2) is 0 Å². The number of halogens is 2. The van der Waals surface area contributed by atoms with Crippen LogP contribution in [0.25, 0.3) is 0 Å². The number of carbonyl (C=O) groups is 2. The Hall–Kier alpha value is -2.05. The Kier molecular flexibility index (Phi) is 6.67. The van der Waals surface area contributed by atoms with Gasteiger partial charge in [0.05, 0.1) is 16.0 Å². The van der Waals surface area contributed by atoms with Crippen LogP contribution < -0.4 is 10.6 Å². The molecule has 0 saturated carbocycles. The summed E-state index contributed by atoms with van der Waals surface area (Å²) in [4.78, 5) is 25.0. The van der Waals surface area contributed by atoms with Crippen LogP contribution in [0, 0.1) is 12.8 Å². The summed E-state index contributed by atoms with van der Waals surface area (Å²) >= 11 is 12.0. The van der Waals surface area contributed by atoms with Crippen molar-refractivity contribution in [3.8, 4) is 0 Å². The van der Waals surface area contributed by atoms with Crippen LogP contribution in [0.15, 0.2) is 28.8 Å². The zero-order valence-corrected chi connectivity index (χ0v) is 16.5. The number of nitrogens with one attached hydrogen (secondary N) is 2. The van der Waals surface area contributed by atoms with Gasteiger partial charge in [0.25, 0.3) is 0 Å². The Morgan fingerprint density at radius 1 is 1.08 bits per heavy atom. The number of nitrogens with zero attached hydrogens (tertiary/aromatic N) is 1. The highest BCUT2D eigenvalue weighted by atomic mass is 35.5. The number of hydrogen-bond acceptors (Lipinski definition) is 4. The highest BCUT2D eigenvalue weighted by Gasteiger charge is 2.27. The summed E-state index contributed by atoms with van der Waals surface area (Å²) in [7, 11) is 0. The molecule has 0 radical (unpaired) electrons. The molecule has 140 valence electrons. The molecule has 1 unspecified atom stereocenters. The molecule has 0 spiro atoms. The molecule has 0 saturated heterocycles. The van der Waals surface area contributed by atoms with Crippen molar-refractivity contribution in [2.45, 2.75) is 39.7 Å². The van der Waals surface area contributed by atoms with E-state index < -0.39 is 12.0 Å². The summed E-state index contributed by atoms with van der Waals surface area (Å²) in [6, 6.07) is 5.95. The topological polar surface area (TPSA) is 84.2 Å². The molecule has 0 bridgehead atoms. The first kappa shape index (κ1) is 20.3. The number of aromatic nitrogens is 1. The van der Waals surface area contributed by atoms with Crippen LogP contribution in [-0.4, -0.2) is 23.0 Å². The quantitative estimate of drug-likeness (QED) is 0.765. The second kappa shape index (κ2) is 8.56. The summed E-state index contributed by atoms with van der Waals surface area (Å²) in [5.41, 5.74) is 0.742. The molecule has 1 heterocycles. The Labute approximate surface area is 162 Å². The van der Waals surface area contributed by atoms with Gasteiger partial charge >= 0.3 is 0 Å². The van der Waals surface area contributed by atoms with Crippen LogP contribution in [0.2, 0.25) is 10.0 Å². The van der Waals surface area contributed by atoms with E-state index in [4.69, 9.17) is 27.7 Å². The standard InChI is InChI=1S/C18H21Cl2N3O3/c1-9(2)16(12-5-6-13(19)14(20)8-12)18(25)21-11(4)17(24)22-15-7-10(3)26-23-15/h5-9,11,16H,1-4H3,(H,21,25)(H,22,23,24)/t11-,16?/m0/s1. The Morgan fingerprint density at radius 3 is 2.31 bits per heavy atom. The second-order valence-corrected chi connectivity index (χ2v) is 7.25. The highest BCUT2D eigenvalue weighted by molar-refractivity contribution is 6.42. The maximum absolute atomic E-state index is 12.8. The second-order valence-electron chi connectivity index (χ2n) is 6.44. The maximum Gasteiger partial charge on any atom is 0.247 e. The van der Waals surface area contributed by atoms with Gasteiger partial charge in [0.2, 0.25) is 11.8 Å². The Bertz CT molecular complexity index is 805. The summed E-state index contributed by atoms with van der Waals surface area (Å²) in [6.07, 6.45) is 0. The monoisotopic (exact) mass is 397 g/mol. The minimum atomic E-state index is -0.747. The van der Waals surface area contributed by atoms with Gasteiger partial charge in [-0.05, 0) is 37.5 Å². The largest absolute Gasteiger partial charge is 0.360 e. The SMILES string of the molecule is Cc1cc(NC(=O)[C@H](C)NC(=O)C(c2ccc(Cl)c(Cl)c2)C(C)C)no1. The van der Waals surface area contributed by atoms with E-state index >= 15 is 0 Å². The number of rotatable bonds is 6. The molecule has 1 aromatic carbocycles. The molecule has 8 heteroatoms. The first-order valence-corrected chi connectivity index (χ1v) is 8.94. The highest BCUT2D eigenvalue weighted by Crippen LogP contribution is 2.30. The molecule has 0 aliphatic heterocycles. The van der Waals surface area contributed by atoms with Gasteiger partial charge in [-0.3, -0.25) is 9.59 Å². The number of anilines is 1. The first-order valence-electron chi connectivity index (χ1n) is 8.18. The predicted octanol–water partition coefficient (Wildman–Crippen LogP) is 4.17. The van der Waals surface area contributed by atoms with E-state index in [0.29, 0.717) is 21.6 Å². The zero-order valence-electron chi connectivity index (χ0n) is 15.0. The predicted molar refractivity (Wildman–Crippen MR) is 102 cm³/mol. The third kappa shape index (κ3) is 4.99. The Balaban J connectivity index is 2.08. The fraction of sp³-hybridized carbons (Fsp3) is 0.389. The average Bonchev–Trinajstić information content (AvgIpc) is 2.95. The van der Waals surface area contributed by atoms with Crippen molar-refractivity contribution in [1.82, 2.24) is 10.5 Å². The van der Waals surface area contributed by atoms with Crippen LogP contribution in [0.5, 0.6) is 0 Å². The molecule has 2 N–H and O–H groups in total. The number of benzene rings is 1. The van der Waals surface area contributed by atoms with E-state index in [2.05, 4.69) is 15.8 Å². The molecule has 1 aromatic heterocycles. The number of hydrogen-bond donors (Lipinski definition) is 2. The number of carbonyl (C=O) groups excluding carboxylic acids is 2. The summed E-state index contributed by atoms with van der Waals surface area (Å²) in [6.45, 7) is 7.18. The smallest absolute Gasteiger partial charge is 0.247 e. The van der Waals surface area contributed by atoms with Gasteiger partial charge in [-0.2, -0.15) is 0 Å². The minimum Gasteiger partial charge on any atom is -0.360 e. The van der Waals surface area contributed by atoms with Gasteiger partial charge in [0.1, 0.15) is 11.8 Å². The molecular weight excluding hydrogens is 377 g/mol. The third-order valence-corrected chi connectivity index (χ3v) is 4.62. The number of amides is 2. The van der Waals surface area contributed by atoms with Crippen LogP contribution >= 0.6 is 23.2 Å². The maximum atomic E-state index is 12.8. The van der Waals surface area contributed by atoms with Crippen LogP contribution in [-0.2, 0) is 9.59 Å². The lowest BCUT2D eigenvalue weighted by Gasteiger charge is -2.23. The van der Waals surface area contributed by atoms with Gasteiger partial charge in [0.15, 0.2) is 5.82 Å². The van der Waals surface area contributed by atoms with Crippen molar-refractivity contribution < 1.29 is 14.1 Å². The fourth-order valence-corrected chi connectivity index (χ4v) is 2.88. The van der Waals surface area contributed by atoms with Gasteiger partial charge in [-0.1, -0.05) is 48.3 Å². The summed E-state index contributed by atoms with van der Waals surface area (Å²) < 4.78 is 4.90. The molecule has 2 rings (SSSR count). The first-order chi connectivity index (χ1) is 12.2. The van der Waals surface area contributed by atoms with Crippen molar-refractivity contribution in [1.29, 1.82) is 0 Å². The van der Waals surface area contributed by atoms with Crippen molar-refractivity contribution >= 4 is 40.8 Å². The molecule has 2 atom stereocenters. The van der Waals surface area contributed by atoms with Crippen LogP contribution in [0.4, 0.5) is 5.82 Å². The van der Waals surface area contributed by atoms with Crippen molar-refractivity contribution in [3.05, 3.63) is 45.6 Å². The third-order valence-electron chi connectivity index (χ3n) is 3.88. The van der Waals surface area contributed by atoms with Crippen molar-refractivity contribution in [3.63, 3.8) is 0 Å². The van der Waals surface area contributed by atoms with Crippen molar-refractivity contribution in [2.24, 2.45) is 5.92 Å². The van der Waals surface area contributed by atoms with Crippen molar-refractivity contribution in [2.75, 3.05) is 5.32 Å². The van der Waals surface area contributed by atoms with Gasteiger partial charge < -0.3 is 15.2 Å². The van der Waals surface area contributed by atoms with Crippen LogP contribution in [0.1, 0.15) is 38.0 Å². The number of aryl methyl sites for hydroxylation is 1. The molecule has 2 amide bonds. The lowest BCUT2D eigenvalue weighted by molar-refractivity contribution is -0.127. The van der Waals surface area contributed by atoms with Gasteiger partial charge in [0, 0.05) is 6.07 Å².